The fraction of sp³-hybridized carbons (Fsp3) is 0.250. The molecule has 2 aromatic carbocycles. The minimum absolute atomic E-state index is 0.241. The molecule has 1 aliphatic carbocycles. The number of fused-ring (bicyclic) bond motifs is 1. The molecule has 0 saturated heterocycles. The van der Waals surface area contributed by atoms with Crippen molar-refractivity contribution in [3.05, 3.63) is 58.1 Å². The minimum atomic E-state index is -0.917. The normalized spacial score (nSPS) is 17.3. The largest absolute Gasteiger partial charge is 0.313 e. The molecular formula is C16H14ClF2N. The highest BCUT2D eigenvalue weighted by Gasteiger charge is 2.24. The Hall–Kier alpha value is -1.45. The van der Waals surface area contributed by atoms with Crippen LogP contribution in [-0.2, 0) is 6.42 Å². The summed E-state index contributed by atoms with van der Waals surface area (Å²) in [4.78, 5) is 0. The zero-order valence-electron chi connectivity index (χ0n) is 11.0. The van der Waals surface area contributed by atoms with Gasteiger partial charge in [0.25, 0.3) is 0 Å². The van der Waals surface area contributed by atoms with E-state index in [1.165, 1.54) is 17.2 Å². The maximum absolute atomic E-state index is 13.5. The predicted molar refractivity (Wildman–Crippen MR) is 76.9 cm³/mol. The fourth-order valence-corrected chi connectivity index (χ4v) is 3.19. The Bertz CT molecular complexity index is 670. The first-order valence-corrected chi connectivity index (χ1v) is 6.93. The lowest BCUT2D eigenvalue weighted by Crippen LogP contribution is -2.12. The van der Waals surface area contributed by atoms with Crippen molar-refractivity contribution >= 4 is 11.6 Å². The average Bonchev–Trinajstić information content (AvgIpc) is 2.86. The number of hydrogen-bond acceptors (Lipinski definition) is 1. The van der Waals surface area contributed by atoms with Gasteiger partial charge >= 0.3 is 0 Å². The Morgan fingerprint density at radius 1 is 1.15 bits per heavy atom. The average molecular weight is 294 g/mol. The van der Waals surface area contributed by atoms with E-state index in [2.05, 4.69) is 11.4 Å². The van der Waals surface area contributed by atoms with Crippen LogP contribution in [0.5, 0.6) is 0 Å². The molecule has 3 rings (SSSR count). The smallest absolute Gasteiger partial charge is 0.160 e. The summed E-state index contributed by atoms with van der Waals surface area (Å²) in [5.41, 5.74) is 3.83. The summed E-state index contributed by atoms with van der Waals surface area (Å²) in [6.07, 6.45) is 1.91. The summed E-state index contributed by atoms with van der Waals surface area (Å²) in [7, 11) is 1.93. The van der Waals surface area contributed by atoms with Crippen LogP contribution in [-0.4, -0.2) is 7.05 Å². The summed E-state index contributed by atoms with van der Waals surface area (Å²) in [5.74, 6) is -1.79. The van der Waals surface area contributed by atoms with Crippen LogP contribution in [0.3, 0.4) is 0 Å². The zero-order chi connectivity index (χ0) is 14.3. The second kappa shape index (κ2) is 5.15. The van der Waals surface area contributed by atoms with Crippen LogP contribution in [0.15, 0.2) is 30.3 Å². The molecule has 0 heterocycles. The molecule has 104 valence electrons. The van der Waals surface area contributed by atoms with E-state index in [0.717, 1.165) is 24.5 Å². The summed E-state index contributed by atoms with van der Waals surface area (Å²) in [5, 5.41) is 3.51. The highest BCUT2D eigenvalue weighted by atomic mass is 35.5. The van der Waals surface area contributed by atoms with Crippen LogP contribution in [0.1, 0.15) is 23.6 Å². The molecule has 20 heavy (non-hydrogen) atoms. The number of rotatable bonds is 2. The lowest BCUT2D eigenvalue weighted by molar-refractivity contribution is 0.509. The lowest BCUT2D eigenvalue weighted by atomic mass is 9.96. The van der Waals surface area contributed by atoms with Crippen molar-refractivity contribution in [2.45, 2.75) is 18.9 Å². The highest BCUT2D eigenvalue weighted by molar-refractivity contribution is 6.33. The predicted octanol–water partition coefficient (Wildman–Crippen LogP) is 4.49. The molecule has 0 amide bonds. The zero-order valence-corrected chi connectivity index (χ0v) is 11.8. The summed E-state index contributed by atoms with van der Waals surface area (Å²) >= 11 is 6.09. The van der Waals surface area contributed by atoms with Gasteiger partial charge in [-0.2, -0.15) is 0 Å². The number of hydrogen-bond donors (Lipinski definition) is 1. The minimum Gasteiger partial charge on any atom is -0.313 e. The van der Waals surface area contributed by atoms with Gasteiger partial charge in [-0.25, -0.2) is 8.78 Å². The van der Waals surface area contributed by atoms with Crippen LogP contribution in [0.4, 0.5) is 8.78 Å². The first kappa shape index (κ1) is 13.5. The Morgan fingerprint density at radius 2 is 1.90 bits per heavy atom. The van der Waals surface area contributed by atoms with Gasteiger partial charge in [0, 0.05) is 11.6 Å². The van der Waals surface area contributed by atoms with E-state index in [4.69, 9.17) is 11.6 Å². The third-order valence-corrected chi connectivity index (χ3v) is 4.23. The van der Waals surface area contributed by atoms with Gasteiger partial charge in [0.2, 0.25) is 0 Å². The van der Waals surface area contributed by atoms with Crippen LogP contribution in [0.2, 0.25) is 5.02 Å². The van der Waals surface area contributed by atoms with Crippen molar-refractivity contribution in [3.8, 4) is 11.1 Å². The van der Waals surface area contributed by atoms with Gasteiger partial charge in [-0.1, -0.05) is 29.8 Å². The standard InChI is InChI=1S/C16H14ClF2N/c1-20-16-6-5-10-9(3-2-4-11(10)16)12-7-14(18)15(19)8-13(12)17/h2-4,7-8,16,20H,5-6H2,1H3. The lowest BCUT2D eigenvalue weighted by Gasteiger charge is -2.13. The first-order chi connectivity index (χ1) is 9.61. The van der Waals surface area contributed by atoms with Crippen molar-refractivity contribution in [2.75, 3.05) is 7.05 Å². The number of nitrogens with one attached hydrogen (secondary N) is 1. The van der Waals surface area contributed by atoms with Crippen molar-refractivity contribution in [2.24, 2.45) is 0 Å². The molecule has 4 heteroatoms. The highest BCUT2D eigenvalue weighted by Crippen LogP contribution is 2.40. The first-order valence-electron chi connectivity index (χ1n) is 6.55. The van der Waals surface area contributed by atoms with E-state index in [1.807, 2.05) is 19.2 Å². The molecule has 1 nitrogen and oxygen atoms in total. The van der Waals surface area contributed by atoms with Crippen LogP contribution in [0.25, 0.3) is 11.1 Å². The Balaban J connectivity index is 2.17. The van der Waals surface area contributed by atoms with Gasteiger partial charge in [-0.15, -0.1) is 0 Å². The second-order valence-electron chi connectivity index (χ2n) is 5.00. The van der Waals surface area contributed by atoms with E-state index in [9.17, 15) is 8.78 Å². The van der Waals surface area contributed by atoms with Gasteiger partial charge in [0.05, 0.1) is 5.02 Å². The van der Waals surface area contributed by atoms with Gasteiger partial charge in [0.15, 0.2) is 11.6 Å². The van der Waals surface area contributed by atoms with Crippen molar-refractivity contribution in [1.82, 2.24) is 5.32 Å². The summed E-state index contributed by atoms with van der Waals surface area (Å²) in [6.45, 7) is 0. The third-order valence-electron chi connectivity index (χ3n) is 3.92. The molecule has 1 N–H and O–H groups in total. The molecule has 0 spiro atoms. The molecule has 1 aliphatic rings. The fourth-order valence-electron chi connectivity index (χ4n) is 2.94. The quantitative estimate of drug-likeness (QED) is 0.804. The summed E-state index contributed by atoms with van der Waals surface area (Å²) in [6, 6.07) is 8.45. The SMILES string of the molecule is CNC1CCc2c(-c3cc(F)c(F)cc3Cl)cccc21. The molecule has 1 unspecified atom stereocenters. The van der Waals surface area contributed by atoms with E-state index in [-0.39, 0.29) is 5.02 Å². The van der Waals surface area contributed by atoms with Gasteiger partial charge in [-0.3, -0.25) is 0 Å². The molecule has 2 aromatic rings. The third kappa shape index (κ3) is 2.11. The molecule has 0 radical (unpaired) electrons. The van der Waals surface area contributed by atoms with E-state index < -0.39 is 11.6 Å². The van der Waals surface area contributed by atoms with E-state index in [0.29, 0.717) is 11.6 Å². The second-order valence-corrected chi connectivity index (χ2v) is 5.41. The van der Waals surface area contributed by atoms with Gasteiger partial charge < -0.3 is 5.32 Å². The number of halogens is 3. The topological polar surface area (TPSA) is 12.0 Å². The molecule has 0 fully saturated rings. The monoisotopic (exact) mass is 293 g/mol. The number of benzene rings is 2. The van der Waals surface area contributed by atoms with Crippen molar-refractivity contribution in [3.63, 3.8) is 0 Å². The molecular weight excluding hydrogens is 280 g/mol. The van der Waals surface area contributed by atoms with Gasteiger partial charge in [-0.05, 0) is 48.7 Å². The molecule has 0 aliphatic heterocycles. The van der Waals surface area contributed by atoms with Crippen LogP contribution >= 0.6 is 11.6 Å². The summed E-state index contributed by atoms with van der Waals surface area (Å²) < 4.78 is 26.7. The molecule has 1 atom stereocenters. The van der Waals surface area contributed by atoms with Crippen LogP contribution in [0, 0.1) is 11.6 Å². The van der Waals surface area contributed by atoms with E-state index in [1.54, 1.807) is 0 Å². The Kier molecular flexibility index (Phi) is 3.48. The van der Waals surface area contributed by atoms with Crippen molar-refractivity contribution < 1.29 is 8.78 Å². The van der Waals surface area contributed by atoms with Crippen LogP contribution < -0.4 is 5.32 Å². The van der Waals surface area contributed by atoms with E-state index >= 15 is 0 Å². The maximum Gasteiger partial charge on any atom is 0.160 e. The molecule has 0 bridgehead atoms. The Labute approximate surface area is 121 Å². The Morgan fingerprint density at radius 3 is 2.65 bits per heavy atom. The maximum atomic E-state index is 13.5. The van der Waals surface area contributed by atoms with Crippen molar-refractivity contribution in [1.29, 1.82) is 0 Å². The molecule has 0 saturated carbocycles. The molecule has 0 aromatic heterocycles. The van der Waals surface area contributed by atoms with Gasteiger partial charge in [0.1, 0.15) is 0 Å².